The van der Waals surface area contributed by atoms with E-state index in [1.807, 2.05) is 42.5 Å². The second-order valence-corrected chi connectivity index (χ2v) is 8.29. The molecule has 0 bridgehead atoms. The molecule has 4 heteroatoms. The van der Waals surface area contributed by atoms with Crippen LogP contribution in [0.1, 0.15) is 38.3 Å². The Balaban J connectivity index is 1.54. The van der Waals surface area contributed by atoms with E-state index in [4.69, 9.17) is 0 Å². The van der Waals surface area contributed by atoms with Gasteiger partial charge in [-0.1, -0.05) is 63.2 Å². The van der Waals surface area contributed by atoms with Crippen LogP contribution in [-0.4, -0.2) is 29.8 Å². The monoisotopic (exact) mass is 364 g/mol. The lowest BCUT2D eigenvalue weighted by molar-refractivity contribution is -0.128. The normalized spacial score (nSPS) is 17.2. The van der Waals surface area contributed by atoms with E-state index in [0.717, 1.165) is 12.1 Å². The maximum Gasteiger partial charge on any atom is 0.229 e. The molecule has 2 amide bonds. The summed E-state index contributed by atoms with van der Waals surface area (Å²) < 4.78 is 0. The van der Waals surface area contributed by atoms with Crippen molar-refractivity contribution in [3.05, 3.63) is 65.7 Å². The van der Waals surface area contributed by atoms with Crippen LogP contribution >= 0.6 is 0 Å². The average molecular weight is 364 g/mol. The molecule has 0 radical (unpaired) electrons. The molecule has 1 aliphatic rings. The minimum Gasteiger partial charge on any atom is -0.342 e. The summed E-state index contributed by atoms with van der Waals surface area (Å²) in [5, 5.41) is 2.96. The molecule has 0 unspecified atom stereocenters. The largest absolute Gasteiger partial charge is 0.342 e. The van der Waals surface area contributed by atoms with E-state index in [9.17, 15) is 9.59 Å². The van der Waals surface area contributed by atoms with Crippen molar-refractivity contribution in [1.82, 2.24) is 4.90 Å². The highest BCUT2D eigenvalue weighted by Crippen LogP contribution is 2.25. The first-order valence-electron chi connectivity index (χ1n) is 9.56. The topological polar surface area (TPSA) is 49.4 Å². The Morgan fingerprint density at radius 3 is 2.37 bits per heavy atom. The van der Waals surface area contributed by atoms with Crippen LogP contribution in [0.25, 0.3) is 0 Å². The molecule has 0 aliphatic carbocycles. The zero-order valence-electron chi connectivity index (χ0n) is 16.4. The molecular weight excluding hydrogens is 336 g/mol. The van der Waals surface area contributed by atoms with Crippen molar-refractivity contribution >= 4 is 17.5 Å². The molecule has 27 heavy (non-hydrogen) atoms. The molecule has 1 saturated heterocycles. The minimum atomic E-state index is -0.282. The highest BCUT2D eigenvalue weighted by atomic mass is 16.2. The molecule has 1 N–H and O–H groups in total. The molecule has 0 aromatic heterocycles. The fourth-order valence-corrected chi connectivity index (χ4v) is 3.37. The number of rotatable bonds is 5. The van der Waals surface area contributed by atoms with Crippen LogP contribution < -0.4 is 5.32 Å². The van der Waals surface area contributed by atoms with Gasteiger partial charge in [0.25, 0.3) is 0 Å². The van der Waals surface area contributed by atoms with Crippen LogP contribution in [0, 0.1) is 5.92 Å². The molecule has 142 valence electrons. The minimum absolute atomic E-state index is 0.0640. The summed E-state index contributed by atoms with van der Waals surface area (Å²) in [6.45, 7) is 7.64. The molecule has 3 rings (SSSR count). The zero-order valence-corrected chi connectivity index (χ0v) is 16.4. The number of hydrogen-bond donors (Lipinski definition) is 1. The van der Waals surface area contributed by atoms with Crippen LogP contribution in [0.4, 0.5) is 5.69 Å². The van der Waals surface area contributed by atoms with Gasteiger partial charge in [0.1, 0.15) is 0 Å². The van der Waals surface area contributed by atoms with Crippen LogP contribution in [0.5, 0.6) is 0 Å². The first-order valence-corrected chi connectivity index (χ1v) is 9.56. The van der Waals surface area contributed by atoms with Gasteiger partial charge < -0.3 is 10.2 Å². The smallest absolute Gasteiger partial charge is 0.229 e. The lowest BCUT2D eigenvalue weighted by Crippen LogP contribution is -2.30. The molecule has 1 atom stereocenters. The summed E-state index contributed by atoms with van der Waals surface area (Å²) in [5.74, 6) is -0.293. The highest BCUT2D eigenvalue weighted by molar-refractivity contribution is 5.97. The molecule has 1 fully saturated rings. The van der Waals surface area contributed by atoms with E-state index in [0.29, 0.717) is 19.5 Å². The second kappa shape index (κ2) is 7.95. The predicted octanol–water partition coefficient (Wildman–Crippen LogP) is 4.01. The Kier molecular flexibility index (Phi) is 5.64. The number of anilines is 1. The molecule has 1 aliphatic heterocycles. The van der Waals surface area contributed by atoms with Gasteiger partial charge in [0.15, 0.2) is 0 Å². The van der Waals surface area contributed by atoms with Crippen molar-refractivity contribution in [3.63, 3.8) is 0 Å². The lowest BCUT2D eigenvalue weighted by atomic mass is 9.87. The maximum absolute atomic E-state index is 12.6. The Morgan fingerprint density at radius 2 is 1.74 bits per heavy atom. The van der Waals surface area contributed by atoms with Gasteiger partial charge in [-0.2, -0.15) is 0 Å². The van der Waals surface area contributed by atoms with Crippen molar-refractivity contribution < 1.29 is 9.59 Å². The fraction of sp³-hybridized carbons (Fsp3) is 0.391. The molecule has 0 saturated carbocycles. The Bertz CT molecular complexity index is 791. The van der Waals surface area contributed by atoms with E-state index in [2.05, 4.69) is 38.2 Å². The van der Waals surface area contributed by atoms with Gasteiger partial charge >= 0.3 is 0 Å². The van der Waals surface area contributed by atoms with E-state index in [1.54, 1.807) is 4.90 Å². The van der Waals surface area contributed by atoms with E-state index >= 15 is 0 Å². The standard InChI is InChI=1S/C23H28N2O2/c1-23(2,3)19-9-11-20(12-10-19)24-22(27)18-15-21(26)25(16-18)14-13-17-7-5-4-6-8-17/h4-12,18H,13-16H2,1-3H3,(H,24,27)/t18-/m0/s1. The third-order valence-electron chi connectivity index (χ3n) is 5.12. The van der Waals surface area contributed by atoms with E-state index in [-0.39, 0.29) is 23.1 Å². The van der Waals surface area contributed by atoms with E-state index in [1.165, 1.54) is 11.1 Å². The predicted molar refractivity (Wildman–Crippen MR) is 109 cm³/mol. The third kappa shape index (κ3) is 4.97. The van der Waals surface area contributed by atoms with Crippen LogP contribution in [0.2, 0.25) is 0 Å². The van der Waals surface area contributed by atoms with Gasteiger partial charge in [-0.25, -0.2) is 0 Å². The Hall–Kier alpha value is -2.62. The number of likely N-dealkylation sites (tertiary alicyclic amines) is 1. The van der Waals surface area contributed by atoms with E-state index < -0.39 is 0 Å². The van der Waals surface area contributed by atoms with Crippen LogP contribution in [0.3, 0.4) is 0 Å². The zero-order chi connectivity index (χ0) is 19.4. The highest BCUT2D eigenvalue weighted by Gasteiger charge is 2.34. The summed E-state index contributed by atoms with van der Waals surface area (Å²) >= 11 is 0. The number of carbonyl (C=O) groups is 2. The average Bonchev–Trinajstić information content (AvgIpc) is 3.01. The Morgan fingerprint density at radius 1 is 1.07 bits per heavy atom. The second-order valence-electron chi connectivity index (χ2n) is 8.29. The van der Waals surface area contributed by atoms with Crippen molar-refractivity contribution in [1.29, 1.82) is 0 Å². The van der Waals surface area contributed by atoms with Crippen LogP contribution in [-0.2, 0) is 21.4 Å². The van der Waals surface area contributed by atoms with Gasteiger partial charge in [-0.05, 0) is 35.1 Å². The number of benzene rings is 2. The molecule has 4 nitrogen and oxygen atoms in total. The Labute approximate surface area is 161 Å². The molecule has 0 spiro atoms. The molecular formula is C23H28N2O2. The van der Waals surface area contributed by atoms with Gasteiger partial charge in [0, 0.05) is 25.2 Å². The van der Waals surface area contributed by atoms with Crippen molar-refractivity contribution in [2.75, 3.05) is 18.4 Å². The van der Waals surface area contributed by atoms with Crippen molar-refractivity contribution in [2.24, 2.45) is 5.92 Å². The van der Waals surface area contributed by atoms with Crippen molar-refractivity contribution in [3.8, 4) is 0 Å². The molecule has 2 aromatic carbocycles. The first-order chi connectivity index (χ1) is 12.8. The number of nitrogens with one attached hydrogen (secondary N) is 1. The molecule has 2 aromatic rings. The number of hydrogen-bond acceptors (Lipinski definition) is 2. The van der Waals surface area contributed by atoms with Crippen LogP contribution in [0.15, 0.2) is 54.6 Å². The number of nitrogens with zero attached hydrogens (tertiary/aromatic N) is 1. The van der Waals surface area contributed by atoms with Gasteiger partial charge in [0.05, 0.1) is 5.92 Å². The fourth-order valence-electron chi connectivity index (χ4n) is 3.37. The number of amides is 2. The van der Waals surface area contributed by atoms with Crippen molar-refractivity contribution in [2.45, 2.75) is 39.0 Å². The number of carbonyl (C=O) groups excluding carboxylic acids is 2. The summed E-state index contributed by atoms with van der Waals surface area (Å²) in [5.41, 5.74) is 3.29. The third-order valence-corrected chi connectivity index (χ3v) is 5.12. The summed E-state index contributed by atoms with van der Waals surface area (Å²) in [6.07, 6.45) is 1.11. The first kappa shape index (κ1) is 19.2. The van der Waals surface area contributed by atoms with Gasteiger partial charge in [0.2, 0.25) is 11.8 Å². The summed E-state index contributed by atoms with van der Waals surface area (Å²) in [6, 6.07) is 18.1. The maximum atomic E-state index is 12.6. The van der Waals surface area contributed by atoms with Gasteiger partial charge in [-0.3, -0.25) is 9.59 Å². The summed E-state index contributed by atoms with van der Waals surface area (Å²) in [4.78, 5) is 26.6. The SMILES string of the molecule is CC(C)(C)c1ccc(NC(=O)[C@H]2CC(=O)N(CCc3ccccc3)C2)cc1. The summed E-state index contributed by atoms with van der Waals surface area (Å²) in [7, 11) is 0. The molecule has 1 heterocycles. The lowest BCUT2D eigenvalue weighted by Gasteiger charge is -2.19. The van der Waals surface area contributed by atoms with Gasteiger partial charge in [-0.15, -0.1) is 0 Å². The quantitative estimate of drug-likeness (QED) is 0.871.